The number of benzene rings is 2. The van der Waals surface area contributed by atoms with Crippen LogP contribution in [0.3, 0.4) is 0 Å². The van der Waals surface area contributed by atoms with Gasteiger partial charge in [0, 0.05) is 10.9 Å². The molecule has 0 aliphatic heterocycles. The van der Waals surface area contributed by atoms with Gasteiger partial charge in [0.15, 0.2) is 5.58 Å². The molecule has 1 heterocycles. The van der Waals surface area contributed by atoms with Crippen molar-refractivity contribution in [1.29, 1.82) is 0 Å². The fourth-order valence-electron chi connectivity index (χ4n) is 1.83. The van der Waals surface area contributed by atoms with Crippen molar-refractivity contribution in [3.8, 4) is 0 Å². The van der Waals surface area contributed by atoms with E-state index in [2.05, 4.69) is 4.98 Å². The lowest BCUT2D eigenvalue weighted by molar-refractivity contribution is 0.489. The van der Waals surface area contributed by atoms with Gasteiger partial charge in [0.25, 0.3) is 5.22 Å². The maximum Gasteiger partial charge on any atom is 0.261 e. The minimum Gasteiger partial charge on any atom is -0.431 e. The molecular weight excluding hydrogens is 256 g/mol. The summed E-state index contributed by atoms with van der Waals surface area (Å²) < 4.78 is 5.68. The smallest absolute Gasteiger partial charge is 0.261 e. The van der Waals surface area contributed by atoms with Crippen molar-refractivity contribution in [2.24, 2.45) is 5.73 Å². The van der Waals surface area contributed by atoms with Gasteiger partial charge in [0.2, 0.25) is 0 Å². The Bertz CT molecular complexity index is 656. The molecule has 0 amide bonds. The number of nitrogens with two attached hydrogens (primary N) is 1. The van der Waals surface area contributed by atoms with Crippen LogP contribution in [0.2, 0.25) is 0 Å². The van der Waals surface area contributed by atoms with Crippen molar-refractivity contribution in [3.05, 3.63) is 54.1 Å². The van der Waals surface area contributed by atoms with Crippen molar-refractivity contribution >= 4 is 22.9 Å². The lowest BCUT2D eigenvalue weighted by atomic mass is 10.1. The highest BCUT2D eigenvalue weighted by Crippen LogP contribution is 2.30. The molecule has 1 atom stereocenters. The van der Waals surface area contributed by atoms with Crippen molar-refractivity contribution in [1.82, 2.24) is 4.98 Å². The fourth-order valence-corrected chi connectivity index (χ4v) is 2.58. The molecule has 96 valence electrons. The Hall–Kier alpha value is -1.78. The van der Waals surface area contributed by atoms with Crippen LogP contribution in [0, 0.1) is 0 Å². The molecule has 3 nitrogen and oxygen atoms in total. The van der Waals surface area contributed by atoms with Crippen LogP contribution in [-0.4, -0.2) is 4.98 Å². The molecular formula is C15H14N2OS. The second-order valence-electron chi connectivity index (χ2n) is 4.41. The Kier molecular flexibility index (Phi) is 3.27. The maximum atomic E-state index is 5.83. The van der Waals surface area contributed by atoms with Crippen LogP contribution in [0.15, 0.2) is 63.1 Å². The molecule has 0 fully saturated rings. The molecule has 3 aromatic rings. The molecule has 3 rings (SSSR count). The molecule has 1 aromatic heterocycles. The molecule has 2 aromatic carbocycles. The largest absolute Gasteiger partial charge is 0.431 e. The standard InChI is InChI=1S/C15H14N2OS/c1-10(16)11-6-8-12(9-7-11)19-15-17-13-4-2-3-5-14(13)18-15/h2-10H,16H2,1H3. The minimum absolute atomic E-state index is 0.0587. The summed E-state index contributed by atoms with van der Waals surface area (Å²) in [5, 5.41) is 0.662. The average Bonchev–Trinajstić information content (AvgIpc) is 2.81. The van der Waals surface area contributed by atoms with E-state index in [1.807, 2.05) is 55.5 Å². The van der Waals surface area contributed by atoms with Gasteiger partial charge in [-0.25, -0.2) is 4.98 Å². The zero-order chi connectivity index (χ0) is 13.2. The van der Waals surface area contributed by atoms with Crippen LogP contribution in [0.1, 0.15) is 18.5 Å². The zero-order valence-electron chi connectivity index (χ0n) is 10.5. The number of fused-ring (bicyclic) bond motifs is 1. The maximum absolute atomic E-state index is 5.83. The predicted octanol–water partition coefficient (Wildman–Crippen LogP) is 4.00. The molecule has 4 heteroatoms. The summed E-state index contributed by atoms with van der Waals surface area (Å²) in [6.07, 6.45) is 0. The number of aromatic nitrogens is 1. The van der Waals surface area contributed by atoms with Gasteiger partial charge >= 0.3 is 0 Å². The second kappa shape index (κ2) is 5.07. The zero-order valence-corrected chi connectivity index (χ0v) is 11.4. The Morgan fingerprint density at radius 1 is 1.11 bits per heavy atom. The van der Waals surface area contributed by atoms with Gasteiger partial charge in [0.05, 0.1) is 0 Å². The van der Waals surface area contributed by atoms with Crippen molar-refractivity contribution in [2.45, 2.75) is 23.1 Å². The fraction of sp³-hybridized carbons (Fsp3) is 0.133. The molecule has 19 heavy (non-hydrogen) atoms. The van der Waals surface area contributed by atoms with Crippen LogP contribution >= 0.6 is 11.8 Å². The van der Waals surface area contributed by atoms with Gasteiger partial charge in [-0.2, -0.15) is 0 Å². The normalized spacial score (nSPS) is 12.7. The first-order valence-electron chi connectivity index (χ1n) is 6.11. The first-order chi connectivity index (χ1) is 9.22. The van der Waals surface area contributed by atoms with Crippen LogP contribution in [0.25, 0.3) is 11.1 Å². The second-order valence-corrected chi connectivity index (χ2v) is 5.43. The highest BCUT2D eigenvalue weighted by Gasteiger charge is 2.07. The highest BCUT2D eigenvalue weighted by atomic mass is 32.2. The highest BCUT2D eigenvalue weighted by molar-refractivity contribution is 7.99. The summed E-state index contributed by atoms with van der Waals surface area (Å²) in [6.45, 7) is 1.98. The molecule has 0 aliphatic carbocycles. The van der Waals surface area contributed by atoms with Gasteiger partial charge in [-0.3, -0.25) is 0 Å². The summed E-state index contributed by atoms with van der Waals surface area (Å²) in [7, 11) is 0. The number of nitrogens with zero attached hydrogens (tertiary/aromatic N) is 1. The molecule has 2 N–H and O–H groups in total. The van der Waals surface area contributed by atoms with Crippen LogP contribution < -0.4 is 5.73 Å². The number of para-hydroxylation sites is 2. The molecule has 0 aliphatic rings. The lowest BCUT2D eigenvalue weighted by Crippen LogP contribution is -2.04. The number of hydrogen-bond donors (Lipinski definition) is 1. The van der Waals surface area contributed by atoms with Gasteiger partial charge in [-0.05, 0) is 48.5 Å². The molecule has 0 bridgehead atoms. The van der Waals surface area contributed by atoms with Crippen molar-refractivity contribution in [3.63, 3.8) is 0 Å². The number of rotatable bonds is 3. The summed E-state index contributed by atoms with van der Waals surface area (Å²) in [5.74, 6) is 0. The minimum atomic E-state index is 0.0587. The van der Waals surface area contributed by atoms with E-state index in [1.165, 1.54) is 11.8 Å². The van der Waals surface area contributed by atoms with Gasteiger partial charge in [-0.15, -0.1) is 0 Å². The van der Waals surface area contributed by atoms with Crippen molar-refractivity contribution < 1.29 is 4.42 Å². The molecule has 0 saturated carbocycles. The van der Waals surface area contributed by atoms with Crippen molar-refractivity contribution in [2.75, 3.05) is 0 Å². The van der Waals surface area contributed by atoms with E-state index in [0.29, 0.717) is 5.22 Å². The van der Waals surface area contributed by atoms with E-state index >= 15 is 0 Å². The third-order valence-electron chi connectivity index (χ3n) is 2.89. The SMILES string of the molecule is CC(N)c1ccc(Sc2nc3ccccc3o2)cc1. The lowest BCUT2D eigenvalue weighted by Gasteiger charge is -2.05. The molecule has 1 unspecified atom stereocenters. The summed E-state index contributed by atoms with van der Waals surface area (Å²) in [4.78, 5) is 5.53. The monoisotopic (exact) mass is 270 g/mol. The Labute approximate surface area is 115 Å². The molecule has 0 saturated heterocycles. The Balaban J connectivity index is 1.84. The quantitative estimate of drug-likeness (QED) is 0.781. The molecule has 0 radical (unpaired) electrons. The summed E-state index contributed by atoms with van der Waals surface area (Å²) in [5.41, 5.74) is 8.66. The van der Waals surface area contributed by atoms with E-state index < -0.39 is 0 Å². The van der Waals surface area contributed by atoms with Gasteiger partial charge < -0.3 is 10.2 Å². The van der Waals surface area contributed by atoms with E-state index in [4.69, 9.17) is 10.2 Å². The van der Waals surface area contributed by atoms with E-state index in [9.17, 15) is 0 Å². The van der Waals surface area contributed by atoms with Crippen LogP contribution in [0.5, 0.6) is 0 Å². The number of hydrogen-bond acceptors (Lipinski definition) is 4. The van der Waals surface area contributed by atoms with E-state index in [0.717, 1.165) is 21.6 Å². The van der Waals surface area contributed by atoms with Crippen LogP contribution in [-0.2, 0) is 0 Å². The third kappa shape index (κ3) is 2.64. The Morgan fingerprint density at radius 2 is 1.84 bits per heavy atom. The first kappa shape index (κ1) is 12.3. The first-order valence-corrected chi connectivity index (χ1v) is 6.93. The van der Waals surface area contributed by atoms with Gasteiger partial charge in [-0.1, -0.05) is 24.3 Å². The van der Waals surface area contributed by atoms with Gasteiger partial charge in [0.1, 0.15) is 5.52 Å². The Morgan fingerprint density at radius 3 is 2.53 bits per heavy atom. The summed E-state index contributed by atoms with van der Waals surface area (Å²) in [6, 6.07) is 16.0. The van der Waals surface area contributed by atoms with E-state index in [1.54, 1.807) is 0 Å². The molecule has 0 spiro atoms. The van der Waals surface area contributed by atoms with E-state index in [-0.39, 0.29) is 6.04 Å². The summed E-state index contributed by atoms with van der Waals surface area (Å²) >= 11 is 1.52. The van der Waals surface area contributed by atoms with Crippen LogP contribution in [0.4, 0.5) is 0 Å². The average molecular weight is 270 g/mol. The number of oxazole rings is 1. The third-order valence-corrected chi connectivity index (χ3v) is 3.74. The predicted molar refractivity (Wildman–Crippen MR) is 77.2 cm³/mol. The topological polar surface area (TPSA) is 52.0 Å².